The molecule has 0 heterocycles. The molecule has 450 valence electrons. The van der Waals surface area contributed by atoms with Gasteiger partial charge in [-0.15, -0.1) is 0 Å². The van der Waals surface area contributed by atoms with Gasteiger partial charge in [-0.05, 0) is 57.8 Å². The fraction of sp³-hybridized carbons (Fsp3) is 0.845. The highest BCUT2D eigenvalue weighted by Gasteiger charge is 2.19. The first-order chi connectivity index (χ1) is 38.0. The molecule has 0 radical (unpaired) electrons. The standard InChI is InChI=1S/C71H130O6/c1-4-7-10-13-16-19-22-25-28-31-34-37-40-43-46-49-52-55-58-61-64-70(73)76-67-68(66-75-69(72)63-60-57-54-51-48-45-42-39-36-33-30-27-24-21-18-15-12-9-6-3)77-71(74)65-62-59-56-53-50-47-44-41-38-35-32-29-26-23-20-17-14-11-8-5-2/h9,12,18,21,27,30,36,39,68H,4-8,10-11,13-17,19-20,22-26,28-29,31-35,37-38,40-67H2,1-3H3/b12-9-,21-18-,30-27-,39-36-. The van der Waals surface area contributed by atoms with Crippen LogP contribution in [0.5, 0.6) is 0 Å². The van der Waals surface area contributed by atoms with E-state index in [1.807, 2.05) is 0 Å². The lowest BCUT2D eigenvalue weighted by Gasteiger charge is -2.18. The molecule has 0 rings (SSSR count). The van der Waals surface area contributed by atoms with E-state index in [4.69, 9.17) is 14.2 Å². The van der Waals surface area contributed by atoms with Crippen molar-refractivity contribution < 1.29 is 28.6 Å². The summed E-state index contributed by atoms with van der Waals surface area (Å²) in [4.78, 5) is 38.4. The first-order valence-corrected chi connectivity index (χ1v) is 34.1. The van der Waals surface area contributed by atoms with Gasteiger partial charge in [-0.1, -0.05) is 339 Å². The zero-order chi connectivity index (χ0) is 55.7. The van der Waals surface area contributed by atoms with E-state index in [-0.39, 0.29) is 31.1 Å². The predicted octanol–water partition coefficient (Wildman–Crippen LogP) is 23.3. The summed E-state index contributed by atoms with van der Waals surface area (Å²) in [5.74, 6) is -0.858. The third-order valence-electron chi connectivity index (χ3n) is 15.3. The molecule has 0 aliphatic heterocycles. The van der Waals surface area contributed by atoms with Gasteiger partial charge in [0.15, 0.2) is 6.10 Å². The number of ether oxygens (including phenoxy) is 3. The molecule has 0 spiro atoms. The van der Waals surface area contributed by atoms with Crippen molar-refractivity contribution in [2.24, 2.45) is 0 Å². The number of unbranched alkanes of at least 4 members (excludes halogenated alkanes) is 44. The van der Waals surface area contributed by atoms with Crippen LogP contribution < -0.4 is 0 Å². The Morgan fingerprint density at radius 1 is 0.273 bits per heavy atom. The maximum absolute atomic E-state index is 12.9. The fourth-order valence-electron chi connectivity index (χ4n) is 10.3. The predicted molar refractivity (Wildman–Crippen MR) is 335 cm³/mol. The molecule has 6 heteroatoms. The normalized spacial score (nSPS) is 12.3. The molecule has 0 fully saturated rings. The van der Waals surface area contributed by atoms with Gasteiger partial charge in [0.2, 0.25) is 0 Å². The number of hydrogen-bond donors (Lipinski definition) is 0. The molecule has 0 saturated carbocycles. The molecule has 0 aromatic heterocycles. The highest BCUT2D eigenvalue weighted by molar-refractivity contribution is 5.71. The molecule has 0 aliphatic carbocycles. The van der Waals surface area contributed by atoms with Crippen LogP contribution in [-0.2, 0) is 28.6 Å². The van der Waals surface area contributed by atoms with Crippen LogP contribution in [-0.4, -0.2) is 37.2 Å². The van der Waals surface area contributed by atoms with Gasteiger partial charge in [-0.25, -0.2) is 0 Å². The third-order valence-corrected chi connectivity index (χ3v) is 15.3. The fourth-order valence-corrected chi connectivity index (χ4v) is 10.3. The van der Waals surface area contributed by atoms with Crippen LogP contribution in [0, 0.1) is 0 Å². The quantitative estimate of drug-likeness (QED) is 0.0261. The number of rotatable bonds is 63. The SMILES string of the molecule is CC/C=C\C/C=C\C/C=C\C/C=C\CCCCCCCCC(=O)OCC(COC(=O)CCCCCCCCCCCCCCCCCCCCCC)OC(=O)CCCCCCCCCCCCCCCCCCCCCC. The molecule has 0 N–H and O–H groups in total. The number of carbonyl (C=O) groups is 3. The first kappa shape index (κ1) is 74.4. The molecule has 0 bridgehead atoms. The highest BCUT2D eigenvalue weighted by Crippen LogP contribution is 2.18. The van der Waals surface area contributed by atoms with E-state index in [0.717, 1.165) is 89.9 Å². The summed E-state index contributed by atoms with van der Waals surface area (Å²) in [6.45, 7) is 6.59. The number of allylic oxidation sites excluding steroid dienone is 8. The molecule has 1 unspecified atom stereocenters. The van der Waals surface area contributed by atoms with Crippen LogP contribution >= 0.6 is 0 Å². The van der Waals surface area contributed by atoms with Crippen molar-refractivity contribution in [2.75, 3.05) is 13.2 Å². The van der Waals surface area contributed by atoms with Crippen molar-refractivity contribution in [1.29, 1.82) is 0 Å². The Kier molecular flexibility index (Phi) is 63.6. The molecular weight excluding hydrogens is 949 g/mol. The second kappa shape index (κ2) is 65.9. The maximum atomic E-state index is 12.9. The van der Waals surface area contributed by atoms with E-state index in [1.54, 1.807) is 0 Å². The molecule has 0 amide bonds. The van der Waals surface area contributed by atoms with Crippen LogP contribution in [0.2, 0.25) is 0 Å². The van der Waals surface area contributed by atoms with Gasteiger partial charge < -0.3 is 14.2 Å². The largest absolute Gasteiger partial charge is 0.462 e. The molecule has 77 heavy (non-hydrogen) atoms. The van der Waals surface area contributed by atoms with Crippen molar-refractivity contribution in [3.8, 4) is 0 Å². The molecule has 0 aromatic carbocycles. The first-order valence-electron chi connectivity index (χ1n) is 34.1. The van der Waals surface area contributed by atoms with Crippen molar-refractivity contribution in [3.05, 3.63) is 48.6 Å². The van der Waals surface area contributed by atoms with Crippen molar-refractivity contribution in [3.63, 3.8) is 0 Å². The summed E-state index contributed by atoms with van der Waals surface area (Å²) in [5.41, 5.74) is 0. The average Bonchev–Trinajstić information content (AvgIpc) is 3.43. The lowest BCUT2D eigenvalue weighted by Crippen LogP contribution is -2.30. The summed E-state index contributed by atoms with van der Waals surface area (Å²) < 4.78 is 17.0. The van der Waals surface area contributed by atoms with Gasteiger partial charge >= 0.3 is 17.9 Å². The summed E-state index contributed by atoms with van der Waals surface area (Å²) in [6.07, 6.45) is 82.7. The Morgan fingerprint density at radius 3 is 0.792 bits per heavy atom. The molecule has 0 aromatic rings. The van der Waals surface area contributed by atoms with Crippen molar-refractivity contribution in [2.45, 2.75) is 374 Å². The van der Waals surface area contributed by atoms with Gasteiger partial charge in [0.05, 0.1) is 0 Å². The van der Waals surface area contributed by atoms with E-state index in [9.17, 15) is 14.4 Å². The maximum Gasteiger partial charge on any atom is 0.306 e. The Bertz CT molecular complexity index is 1330. The Labute approximate surface area is 479 Å². The number of esters is 3. The Balaban J connectivity index is 4.34. The number of hydrogen-bond acceptors (Lipinski definition) is 6. The summed E-state index contributed by atoms with van der Waals surface area (Å²) in [5, 5.41) is 0. The van der Waals surface area contributed by atoms with Gasteiger partial charge in [0.1, 0.15) is 13.2 Å². The third kappa shape index (κ3) is 64.1. The lowest BCUT2D eigenvalue weighted by atomic mass is 10.0. The highest BCUT2D eigenvalue weighted by atomic mass is 16.6. The van der Waals surface area contributed by atoms with Crippen molar-refractivity contribution >= 4 is 17.9 Å². The van der Waals surface area contributed by atoms with E-state index >= 15 is 0 Å². The lowest BCUT2D eigenvalue weighted by molar-refractivity contribution is -0.167. The van der Waals surface area contributed by atoms with Gasteiger partial charge in [0, 0.05) is 19.3 Å². The Hall–Kier alpha value is -2.63. The molecule has 1 atom stereocenters. The van der Waals surface area contributed by atoms with E-state index in [2.05, 4.69) is 69.4 Å². The average molecular weight is 1080 g/mol. The zero-order valence-electron chi connectivity index (χ0n) is 51.7. The summed E-state index contributed by atoms with van der Waals surface area (Å²) in [7, 11) is 0. The molecule has 0 saturated heterocycles. The van der Waals surface area contributed by atoms with Crippen LogP contribution in [0.3, 0.4) is 0 Å². The molecular formula is C71H130O6. The minimum atomic E-state index is -0.777. The molecule has 0 aliphatic rings. The van der Waals surface area contributed by atoms with E-state index in [1.165, 1.54) is 238 Å². The van der Waals surface area contributed by atoms with Gasteiger partial charge in [0.25, 0.3) is 0 Å². The van der Waals surface area contributed by atoms with Crippen LogP contribution in [0.4, 0.5) is 0 Å². The second-order valence-electron chi connectivity index (χ2n) is 23.1. The summed E-state index contributed by atoms with van der Waals surface area (Å²) in [6, 6.07) is 0. The van der Waals surface area contributed by atoms with Crippen LogP contribution in [0.15, 0.2) is 48.6 Å². The van der Waals surface area contributed by atoms with E-state index < -0.39 is 6.10 Å². The minimum Gasteiger partial charge on any atom is -0.462 e. The Morgan fingerprint density at radius 2 is 0.506 bits per heavy atom. The smallest absolute Gasteiger partial charge is 0.306 e. The van der Waals surface area contributed by atoms with E-state index in [0.29, 0.717) is 19.3 Å². The second-order valence-corrected chi connectivity index (χ2v) is 23.1. The van der Waals surface area contributed by atoms with Gasteiger partial charge in [-0.3, -0.25) is 14.4 Å². The van der Waals surface area contributed by atoms with Crippen LogP contribution in [0.25, 0.3) is 0 Å². The zero-order valence-corrected chi connectivity index (χ0v) is 51.7. The molecule has 6 nitrogen and oxygen atoms in total. The minimum absolute atomic E-state index is 0.0722. The summed E-state index contributed by atoms with van der Waals surface area (Å²) >= 11 is 0. The van der Waals surface area contributed by atoms with Gasteiger partial charge in [-0.2, -0.15) is 0 Å². The monoisotopic (exact) mass is 1080 g/mol. The number of carbonyl (C=O) groups excluding carboxylic acids is 3. The topological polar surface area (TPSA) is 78.9 Å². The van der Waals surface area contributed by atoms with Crippen LogP contribution in [0.1, 0.15) is 367 Å². The van der Waals surface area contributed by atoms with Crippen molar-refractivity contribution in [1.82, 2.24) is 0 Å².